The summed E-state index contributed by atoms with van der Waals surface area (Å²) < 4.78 is 14.1. The molecule has 0 bridgehead atoms. The molecule has 0 spiro atoms. The third-order valence-electron chi connectivity index (χ3n) is 3.20. The second-order valence-electron chi connectivity index (χ2n) is 4.65. The Bertz CT molecular complexity index is 460. The van der Waals surface area contributed by atoms with E-state index in [0.29, 0.717) is 6.04 Å². The van der Waals surface area contributed by atoms with Gasteiger partial charge in [-0.15, -0.1) is 0 Å². The lowest BCUT2D eigenvalue weighted by molar-refractivity contribution is 0.555. The van der Waals surface area contributed by atoms with Crippen molar-refractivity contribution < 1.29 is 4.39 Å². The van der Waals surface area contributed by atoms with Gasteiger partial charge < -0.3 is 5.32 Å². The second-order valence-corrected chi connectivity index (χ2v) is 5.89. The minimum absolute atomic E-state index is 0.178. The van der Waals surface area contributed by atoms with E-state index in [9.17, 15) is 4.39 Å². The maximum absolute atomic E-state index is 12.9. The van der Waals surface area contributed by atoms with Crippen LogP contribution in [-0.2, 0) is 12.8 Å². The SMILES string of the molecule is CNC(Cc1ccc(F)cc1)Cc1ccc(I)cc1. The Morgan fingerprint density at radius 2 is 1.42 bits per heavy atom. The van der Waals surface area contributed by atoms with Crippen molar-refractivity contribution in [3.8, 4) is 0 Å². The molecule has 1 N–H and O–H groups in total. The van der Waals surface area contributed by atoms with Crippen molar-refractivity contribution in [2.24, 2.45) is 0 Å². The van der Waals surface area contributed by atoms with Crippen LogP contribution in [0.3, 0.4) is 0 Å². The number of halogens is 2. The maximum Gasteiger partial charge on any atom is 0.123 e. The number of nitrogens with one attached hydrogen (secondary N) is 1. The highest BCUT2D eigenvalue weighted by atomic mass is 127. The first kappa shape index (κ1) is 14.5. The van der Waals surface area contributed by atoms with Crippen LogP contribution in [0, 0.1) is 9.39 Å². The zero-order chi connectivity index (χ0) is 13.7. The molecule has 1 unspecified atom stereocenters. The fourth-order valence-corrected chi connectivity index (χ4v) is 2.45. The van der Waals surface area contributed by atoms with Gasteiger partial charge in [-0.3, -0.25) is 0 Å². The van der Waals surface area contributed by atoms with Gasteiger partial charge in [-0.1, -0.05) is 24.3 Å². The van der Waals surface area contributed by atoms with E-state index in [-0.39, 0.29) is 5.82 Å². The first-order valence-corrected chi connectivity index (χ1v) is 7.41. The van der Waals surface area contributed by atoms with Gasteiger partial charge in [0.05, 0.1) is 0 Å². The minimum Gasteiger partial charge on any atom is -0.316 e. The van der Waals surface area contributed by atoms with Gasteiger partial charge in [-0.2, -0.15) is 0 Å². The monoisotopic (exact) mass is 369 g/mol. The van der Waals surface area contributed by atoms with Crippen LogP contribution in [0.5, 0.6) is 0 Å². The Labute approximate surface area is 127 Å². The van der Waals surface area contributed by atoms with Gasteiger partial charge >= 0.3 is 0 Å². The van der Waals surface area contributed by atoms with Crippen molar-refractivity contribution in [3.05, 3.63) is 69.0 Å². The predicted octanol–water partition coefficient (Wildman–Crippen LogP) is 3.80. The molecule has 19 heavy (non-hydrogen) atoms. The van der Waals surface area contributed by atoms with E-state index in [1.807, 2.05) is 19.2 Å². The zero-order valence-electron chi connectivity index (χ0n) is 10.9. The zero-order valence-corrected chi connectivity index (χ0v) is 13.0. The van der Waals surface area contributed by atoms with Crippen LogP contribution in [0.4, 0.5) is 4.39 Å². The van der Waals surface area contributed by atoms with Crippen molar-refractivity contribution in [1.82, 2.24) is 5.32 Å². The number of hydrogen-bond donors (Lipinski definition) is 1. The van der Waals surface area contributed by atoms with Crippen LogP contribution in [-0.4, -0.2) is 13.1 Å². The van der Waals surface area contributed by atoms with Gasteiger partial charge in [0.1, 0.15) is 5.82 Å². The molecule has 0 radical (unpaired) electrons. The van der Waals surface area contributed by atoms with Gasteiger partial charge in [-0.25, -0.2) is 4.39 Å². The van der Waals surface area contributed by atoms with E-state index in [4.69, 9.17) is 0 Å². The summed E-state index contributed by atoms with van der Waals surface area (Å²) in [5.74, 6) is -0.178. The second kappa shape index (κ2) is 7.01. The van der Waals surface area contributed by atoms with Gasteiger partial charge in [0, 0.05) is 9.61 Å². The molecule has 0 aliphatic carbocycles. The van der Waals surface area contributed by atoms with Crippen LogP contribution in [0.15, 0.2) is 48.5 Å². The fourth-order valence-electron chi connectivity index (χ4n) is 2.09. The van der Waals surface area contributed by atoms with E-state index in [2.05, 4.69) is 52.2 Å². The lowest BCUT2D eigenvalue weighted by Crippen LogP contribution is -2.29. The van der Waals surface area contributed by atoms with Crippen molar-refractivity contribution in [2.45, 2.75) is 18.9 Å². The van der Waals surface area contributed by atoms with Crippen LogP contribution in [0.25, 0.3) is 0 Å². The molecule has 0 amide bonds. The lowest BCUT2D eigenvalue weighted by atomic mass is 9.99. The molecular formula is C16H17FIN. The fraction of sp³-hybridized carbons (Fsp3) is 0.250. The molecule has 100 valence electrons. The maximum atomic E-state index is 12.9. The molecule has 0 saturated heterocycles. The topological polar surface area (TPSA) is 12.0 Å². The molecular weight excluding hydrogens is 352 g/mol. The quantitative estimate of drug-likeness (QED) is 0.791. The van der Waals surface area contributed by atoms with E-state index < -0.39 is 0 Å². The Hall–Kier alpha value is -0.940. The van der Waals surface area contributed by atoms with Crippen molar-refractivity contribution in [1.29, 1.82) is 0 Å². The summed E-state index contributed by atoms with van der Waals surface area (Å²) in [4.78, 5) is 0. The smallest absolute Gasteiger partial charge is 0.123 e. The molecule has 0 aliphatic rings. The minimum atomic E-state index is -0.178. The summed E-state index contributed by atoms with van der Waals surface area (Å²) in [6.45, 7) is 0. The molecule has 2 aromatic rings. The van der Waals surface area contributed by atoms with Gasteiger partial charge in [-0.05, 0) is 77.9 Å². The molecule has 0 heterocycles. The number of likely N-dealkylation sites (N-methyl/N-ethyl adjacent to an activating group) is 1. The predicted molar refractivity (Wildman–Crippen MR) is 85.8 cm³/mol. The highest BCUT2D eigenvalue weighted by Gasteiger charge is 2.08. The Morgan fingerprint density at radius 3 is 1.89 bits per heavy atom. The van der Waals surface area contributed by atoms with E-state index in [0.717, 1.165) is 18.4 Å². The van der Waals surface area contributed by atoms with E-state index in [1.54, 1.807) is 0 Å². The highest BCUT2D eigenvalue weighted by Crippen LogP contribution is 2.12. The van der Waals surface area contributed by atoms with Crippen LogP contribution < -0.4 is 5.32 Å². The molecule has 1 atom stereocenters. The molecule has 0 saturated carbocycles. The van der Waals surface area contributed by atoms with E-state index in [1.165, 1.54) is 21.3 Å². The summed E-state index contributed by atoms with van der Waals surface area (Å²) >= 11 is 2.31. The van der Waals surface area contributed by atoms with Gasteiger partial charge in [0.2, 0.25) is 0 Å². The summed E-state index contributed by atoms with van der Waals surface area (Å²) in [6.07, 6.45) is 1.88. The van der Waals surface area contributed by atoms with Gasteiger partial charge in [0.25, 0.3) is 0 Å². The molecule has 2 rings (SSSR count). The lowest BCUT2D eigenvalue weighted by Gasteiger charge is -2.16. The van der Waals surface area contributed by atoms with Crippen molar-refractivity contribution in [3.63, 3.8) is 0 Å². The van der Waals surface area contributed by atoms with Crippen LogP contribution in [0.1, 0.15) is 11.1 Å². The molecule has 1 nitrogen and oxygen atoms in total. The molecule has 3 heteroatoms. The summed E-state index contributed by atoms with van der Waals surface area (Å²) in [5.41, 5.74) is 2.48. The largest absolute Gasteiger partial charge is 0.316 e. The number of benzene rings is 2. The van der Waals surface area contributed by atoms with Crippen molar-refractivity contribution >= 4 is 22.6 Å². The first-order valence-electron chi connectivity index (χ1n) is 6.33. The van der Waals surface area contributed by atoms with Crippen molar-refractivity contribution in [2.75, 3.05) is 7.05 Å². The summed E-state index contributed by atoms with van der Waals surface area (Å²) in [7, 11) is 1.97. The third-order valence-corrected chi connectivity index (χ3v) is 3.92. The summed E-state index contributed by atoms with van der Waals surface area (Å²) in [5, 5.41) is 3.33. The van der Waals surface area contributed by atoms with Crippen LogP contribution in [0.2, 0.25) is 0 Å². The number of hydrogen-bond acceptors (Lipinski definition) is 1. The standard InChI is InChI=1S/C16H17FIN/c1-19-16(10-12-2-6-14(17)7-3-12)11-13-4-8-15(18)9-5-13/h2-9,16,19H,10-11H2,1H3. The van der Waals surface area contributed by atoms with Crippen LogP contribution >= 0.6 is 22.6 Å². The molecule has 0 aromatic heterocycles. The molecule has 0 aliphatic heterocycles. The summed E-state index contributed by atoms with van der Waals surface area (Å²) in [6, 6.07) is 15.7. The average Bonchev–Trinajstić information content (AvgIpc) is 2.43. The van der Waals surface area contributed by atoms with Gasteiger partial charge in [0.15, 0.2) is 0 Å². The molecule has 2 aromatic carbocycles. The Balaban J connectivity index is 2.00. The Morgan fingerprint density at radius 1 is 0.947 bits per heavy atom. The average molecular weight is 369 g/mol. The normalized spacial score (nSPS) is 12.4. The Kier molecular flexibility index (Phi) is 5.34. The highest BCUT2D eigenvalue weighted by molar-refractivity contribution is 14.1. The molecule has 0 fully saturated rings. The number of rotatable bonds is 5. The third kappa shape index (κ3) is 4.58. The first-order chi connectivity index (χ1) is 9.17. The van der Waals surface area contributed by atoms with E-state index >= 15 is 0 Å².